The zero-order valence-corrected chi connectivity index (χ0v) is 7.43. The molecule has 1 fully saturated rings. The summed E-state index contributed by atoms with van der Waals surface area (Å²) >= 11 is 5.43. The SMILES string of the molecule is NCC1CCCN1C/C=C/Cl. The molecule has 0 radical (unpaired) electrons. The van der Waals surface area contributed by atoms with Gasteiger partial charge in [-0.25, -0.2) is 0 Å². The van der Waals surface area contributed by atoms with Gasteiger partial charge in [0, 0.05) is 24.7 Å². The van der Waals surface area contributed by atoms with Gasteiger partial charge in [0.2, 0.25) is 0 Å². The van der Waals surface area contributed by atoms with Gasteiger partial charge in [0.1, 0.15) is 0 Å². The number of halogens is 1. The summed E-state index contributed by atoms with van der Waals surface area (Å²) in [5.41, 5.74) is 7.17. The van der Waals surface area contributed by atoms with Crippen molar-refractivity contribution in [2.24, 2.45) is 5.73 Å². The van der Waals surface area contributed by atoms with E-state index in [4.69, 9.17) is 17.3 Å². The number of nitrogens with zero attached hydrogens (tertiary/aromatic N) is 1. The van der Waals surface area contributed by atoms with Crippen LogP contribution in [0, 0.1) is 0 Å². The molecule has 0 saturated carbocycles. The molecule has 1 heterocycles. The molecule has 3 heteroatoms. The summed E-state index contributed by atoms with van der Waals surface area (Å²) in [6.45, 7) is 2.89. The minimum Gasteiger partial charge on any atom is -0.329 e. The standard InChI is InChI=1S/C8H15ClN2/c9-4-2-6-11-5-1-3-8(11)7-10/h2,4,8H,1,3,5-7,10H2/b4-2+. The van der Waals surface area contributed by atoms with Crippen molar-refractivity contribution in [2.45, 2.75) is 18.9 Å². The van der Waals surface area contributed by atoms with Crippen molar-refractivity contribution in [3.05, 3.63) is 11.6 Å². The minimum atomic E-state index is 0.586. The maximum atomic E-state index is 5.60. The number of hydrogen-bond acceptors (Lipinski definition) is 2. The van der Waals surface area contributed by atoms with Gasteiger partial charge in [0.15, 0.2) is 0 Å². The molecule has 1 atom stereocenters. The van der Waals surface area contributed by atoms with Crippen LogP contribution in [0.25, 0.3) is 0 Å². The van der Waals surface area contributed by atoms with Crippen LogP contribution >= 0.6 is 11.6 Å². The largest absolute Gasteiger partial charge is 0.329 e. The summed E-state index contributed by atoms with van der Waals surface area (Å²) in [4.78, 5) is 2.37. The first-order valence-electron chi connectivity index (χ1n) is 4.08. The van der Waals surface area contributed by atoms with Crippen LogP contribution in [0.3, 0.4) is 0 Å². The molecule has 2 nitrogen and oxygen atoms in total. The zero-order chi connectivity index (χ0) is 8.10. The Bertz CT molecular complexity index is 136. The van der Waals surface area contributed by atoms with E-state index in [0.29, 0.717) is 6.04 Å². The number of likely N-dealkylation sites (tertiary alicyclic amines) is 1. The van der Waals surface area contributed by atoms with E-state index in [-0.39, 0.29) is 0 Å². The summed E-state index contributed by atoms with van der Waals surface area (Å²) < 4.78 is 0. The van der Waals surface area contributed by atoms with Gasteiger partial charge in [-0.1, -0.05) is 17.7 Å². The van der Waals surface area contributed by atoms with Crippen LogP contribution < -0.4 is 5.73 Å². The van der Waals surface area contributed by atoms with Gasteiger partial charge in [-0.3, -0.25) is 4.90 Å². The lowest BCUT2D eigenvalue weighted by Gasteiger charge is -2.20. The molecule has 1 unspecified atom stereocenters. The Balaban J connectivity index is 2.31. The van der Waals surface area contributed by atoms with Crippen molar-refractivity contribution < 1.29 is 0 Å². The van der Waals surface area contributed by atoms with Gasteiger partial charge in [-0.2, -0.15) is 0 Å². The van der Waals surface area contributed by atoms with E-state index >= 15 is 0 Å². The van der Waals surface area contributed by atoms with Gasteiger partial charge >= 0.3 is 0 Å². The van der Waals surface area contributed by atoms with Crippen molar-refractivity contribution in [2.75, 3.05) is 19.6 Å². The Morgan fingerprint density at radius 3 is 3.09 bits per heavy atom. The first-order valence-corrected chi connectivity index (χ1v) is 4.51. The third-order valence-electron chi connectivity index (χ3n) is 2.20. The predicted molar refractivity (Wildman–Crippen MR) is 48.6 cm³/mol. The molecule has 0 aromatic rings. The Kier molecular flexibility index (Phi) is 3.91. The molecule has 2 N–H and O–H groups in total. The van der Waals surface area contributed by atoms with Gasteiger partial charge in [0.25, 0.3) is 0 Å². The summed E-state index contributed by atoms with van der Waals surface area (Å²) in [5.74, 6) is 0. The molecule has 0 amide bonds. The molecular formula is C8H15ClN2. The Hall–Kier alpha value is -0.0500. The Morgan fingerprint density at radius 2 is 2.45 bits per heavy atom. The van der Waals surface area contributed by atoms with E-state index < -0.39 is 0 Å². The van der Waals surface area contributed by atoms with E-state index in [1.54, 1.807) is 5.54 Å². The van der Waals surface area contributed by atoms with Crippen LogP contribution in [0.15, 0.2) is 11.6 Å². The molecule has 0 bridgehead atoms. The highest BCUT2D eigenvalue weighted by Gasteiger charge is 2.21. The molecule has 0 aliphatic carbocycles. The molecule has 0 aromatic heterocycles. The fourth-order valence-corrected chi connectivity index (χ4v) is 1.66. The van der Waals surface area contributed by atoms with E-state index in [0.717, 1.165) is 13.1 Å². The quantitative estimate of drug-likeness (QED) is 0.696. The van der Waals surface area contributed by atoms with Crippen LogP contribution in [-0.2, 0) is 0 Å². The molecule has 1 aliphatic rings. The van der Waals surface area contributed by atoms with Crippen molar-refractivity contribution in [3.63, 3.8) is 0 Å². The normalized spacial score (nSPS) is 26.9. The zero-order valence-electron chi connectivity index (χ0n) is 6.67. The predicted octanol–water partition coefficient (Wildman–Crippen LogP) is 1.16. The van der Waals surface area contributed by atoms with Crippen LogP contribution in [-0.4, -0.2) is 30.6 Å². The minimum absolute atomic E-state index is 0.586. The Labute approximate surface area is 73.0 Å². The van der Waals surface area contributed by atoms with Crippen molar-refractivity contribution >= 4 is 11.6 Å². The summed E-state index contributed by atoms with van der Waals surface area (Å²) in [7, 11) is 0. The van der Waals surface area contributed by atoms with Crippen LogP contribution in [0.5, 0.6) is 0 Å². The molecule has 0 spiro atoms. The maximum absolute atomic E-state index is 5.60. The third-order valence-corrected chi connectivity index (χ3v) is 2.38. The van der Waals surface area contributed by atoms with Crippen molar-refractivity contribution in [1.29, 1.82) is 0 Å². The van der Waals surface area contributed by atoms with E-state index in [9.17, 15) is 0 Å². The number of hydrogen-bond donors (Lipinski definition) is 1. The van der Waals surface area contributed by atoms with E-state index in [1.165, 1.54) is 19.4 Å². The second kappa shape index (κ2) is 4.75. The molecule has 0 aromatic carbocycles. The molecule has 64 valence electrons. The van der Waals surface area contributed by atoms with Gasteiger partial charge in [0.05, 0.1) is 0 Å². The summed E-state index contributed by atoms with van der Waals surface area (Å²) in [6, 6.07) is 0.586. The fourth-order valence-electron chi connectivity index (χ4n) is 1.58. The second-order valence-electron chi connectivity index (χ2n) is 2.89. The average molecular weight is 175 g/mol. The van der Waals surface area contributed by atoms with Crippen LogP contribution in [0.2, 0.25) is 0 Å². The molecule has 1 aliphatic heterocycles. The average Bonchev–Trinajstić information content (AvgIpc) is 2.47. The van der Waals surface area contributed by atoms with Crippen LogP contribution in [0.1, 0.15) is 12.8 Å². The molecule has 1 saturated heterocycles. The number of nitrogens with two attached hydrogens (primary N) is 1. The maximum Gasteiger partial charge on any atom is 0.0222 e. The van der Waals surface area contributed by atoms with Crippen molar-refractivity contribution in [1.82, 2.24) is 4.90 Å². The topological polar surface area (TPSA) is 29.3 Å². The lowest BCUT2D eigenvalue weighted by atomic mass is 10.2. The highest BCUT2D eigenvalue weighted by Crippen LogP contribution is 2.15. The first kappa shape index (κ1) is 9.04. The second-order valence-corrected chi connectivity index (χ2v) is 3.14. The fraction of sp³-hybridized carbons (Fsp3) is 0.750. The monoisotopic (exact) mass is 174 g/mol. The highest BCUT2D eigenvalue weighted by molar-refractivity contribution is 6.25. The number of rotatable bonds is 3. The molecular weight excluding hydrogens is 160 g/mol. The lowest BCUT2D eigenvalue weighted by Crippen LogP contribution is -2.35. The smallest absolute Gasteiger partial charge is 0.0222 e. The summed E-state index contributed by atoms with van der Waals surface area (Å²) in [6.07, 6.45) is 4.49. The van der Waals surface area contributed by atoms with Gasteiger partial charge < -0.3 is 5.73 Å². The van der Waals surface area contributed by atoms with E-state index in [1.807, 2.05) is 6.08 Å². The highest BCUT2D eigenvalue weighted by atomic mass is 35.5. The molecule has 1 rings (SSSR count). The van der Waals surface area contributed by atoms with Crippen molar-refractivity contribution in [3.8, 4) is 0 Å². The summed E-state index contributed by atoms with van der Waals surface area (Å²) in [5, 5.41) is 0. The van der Waals surface area contributed by atoms with E-state index in [2.05, 4.69) is 4.90 Å². The molecule has 11 heavy (non-hydrogen) atoms. The van der Waals surface area contributed by atoms with Gasteiger partial charge in [-0.05, 0) is 19.4 Å². The van der Waals surface area contributed by atoms with Gasteiger partial charge in [-0.15, -0.1) is 0 Å². The lowest BCUT2D eigenvalue weighted by molar-refractivity contribution is 0.286. The van der Waals surface area contributed by atoms with Crippen LogP contribution in [0.4, 0.5) is 0 Å². The third kappa shape index (κ3) is 2.47. The first-order chi connectivity index (χ1) is 5.38. The Morgan fingerprint density at radius 1 is 1.64 bits per heavy atom.